The Labute approximate surface area is 160 Å². The van der Waals surface area contributed by atoms with Gasteiger partial charge in [0.25, 0.3) is 0 Å². The smallest absolute Gasteiger partial charge is 0.152 e. The lowest BCUT2D eigenvalue weighted by molar-refractivity contribution is -0.113. The van der Waals surface area contributed by atoms with Gasteiger partial charge in [0, 0.05) is 18.6 Å². The highest BCUT2D eigenvalue weighted by Gasteiger charge is 2.31. The number of hydrogen-bond acceptors (Lipinski definition) is 5. The third kappa shape index (κ3) is 8.73. The van der Waals surface area contributed by atoms with Crippen LogP contribution in [0.2, 0.25) is 0 Å². The second kappa shape index (κ2) is 11.8. The molecule has 6 heteroatoms. The summed E-state index contributed by atoms with van der Waals surface area (Å²) in [5.74, 6) is -0.0401. The molecule has 5 nitrogen and oxygen atoms in total. The number of benzene rings is 1. The van der Waals surface area contributed by atoms with Crippen LogP contribution in [0.5, 0.6) is 0 Å². The number of aliphatic hydroxyl groups excluding tert-OH is 1. The van der Waals surface area contributed by atoms with Crippen LogP contribution in [0.4, 0.5) is 0 Å². The molecule has 0 saturated carbocycles. The summed E-state index contributed by atoms with van der Waals surface area (Å²) in [6.45, 7) is 10.1. The maximum atomic E-state index is 11.3. The molecule has 0 bridgehead atoms. The zero-order valence-electron chi connectivity index (χ0n) is 16.8. The lowest BCUT2D eigenvalue weighted by Crippen LogP contribution is -2.40. The lowest BCUT2D eigenvalue weighted by Gasteiger charge is -2.34. The largest absolute Gasteiger partial charge is 0.388 e. The highest BCUT2D eigenvalue weighted by Crippen LogP contribution is 2.27. The topological polar surface area (TPSA) is 65.0 Å². The van der Waals surface area contributed by atoms with E-state index in [-0.39, 0.29) is 36.9 Å². The Morgan fingerprint density at radius 3 is 2.00 bits per heavy atom. The Kier molecular flexibility index (Phi) is 10.6. The van der Waals surface area contributed by atoms with Crippen LogP contribution in [0, 0.1) is 5.92 Å². The van der Waals surface area contributed by atoms with Crippen molar-refractivity contribution in [3.05, 3.63) is 35.9 Å². The zero-order chi connectivity index (χ0) is 19.7. The van der Waals surface area contributed by atoms with Crippen molar-refractivity contribution in [3.8, 4) is 0 Å². The van der Waals surface area contributed by atoms with E-state index >= 15 is 0 Å². The van der Waals surface area contributed by atoms with Crippen molar-refractivity contribution in [2.24, 2.45) is 5.92 Å². The molecule has 0 heterocycles. The average Bonchev–Trinajstić information content (AvgIpc) is 2.57. The Morgan fingerprint density at radius 2 is 1.50 bits per heavy atom. The monoisotopic (exact) mass is 386 g/mol. The molecule has 0 saturated heterocycles. The summed E-state index contributed by atoms with van der Waals surface area (Å²) < 4.78 is 28.7. The quantitative estimate of drug-likeness (QED) is 0.594. The first-order chi connectivity index (χ1) is 12.2. The molecular weight excluding hydrogens is 352 g/mol. The summed E-state index contributed by atoms with van der Waals surface area (Å²) in [7, 11) is 0. The van der Waals surface area contributed by atoms with Gasteiger partial charge >= 0.3 is 0 Å². The summed E-state index contributed by atoms with van der Waals surface area (Å²) in [4.78, 5) is 0. The summed E-state index contributed by atoms with van der Waals surface area (Å²) >= 11 is -1.35. The van der Waals surface area contributed by atoms with Crippen molar-refractivity contribution in [2.45, 2.75) is 71.6 Å². The van der Waals surface area contributed by atoms with E-state index in [1.165, 1.54) is 6.26 Å². The predicted octanol–water partition coefficient (Wildman–Crippen LogP) is 3.64. The van der Waals surface area contributed by atoms with E-state index in [1.807, 2.05) is 65.0 Å². The van der Waals surface area contributed by atoms with Gasteiger partial charge in [0.15, 0.2) is 11.1 Å². The van der Waals surface area contributed by atoms with Crippen LogP contribution in [0.1, 0.15) is 52.7 Å². The highest BCUT2D eigenvalue weighted by molar-refractivity contribution is 7.79. The molecule has 0 spiro atoms. The molecule has 0 amide bonds. The third-order valence-electron chi connectivity index (χ3n) is 4.10. The number of aliphatic hydroxyl groups is 1. The summed E-state index contributed by atoms with van der Waals surface area (Å²) in [5.41, 5.74) is 0.865. The Morgan fingerprint density at radius 1 is 0.962 bits per heavy atom. The van der Waals surface area contributed by atoms with Crippen LogP contribution in [0.25, 0.3) is 0 Å². The SMILES string of the molecule is CC(C)O[C@@H](COS(C)=O)[C@@H](C)[C@H](C[C@H](O)c1ccccc1)OC(C)C. The van der Waals surface area contributed by atoms with Gasteiger partial charge in [-0.3, -0.25) is 4.18 Å². The van der Waals surface area contributed by atoms with E-state index in [1.54, 1.807) is 0 Å². The van der Waals surface area contributed by atoms with Crippen LogP contribution < -0.4 is 0 Å². The van der Waals surface area contributed by atoms with E-state index in [9.17, 15) is 9.32 Å². The normalized spacial score (nSPS) is 17.9. The number of rotatable bonds is 12. The van der Waals surface area contributed by atoms with E-state index in [4.69, 9.17) is 13.7 Å². The van der Waals surface area contributed by atoms with Gasteiger partial charge in [-0.25, -0.2) is 4.21 Å². The molecule has 0 aliphatic carbocycles. The van der Waals surface area contributed by atoms with Gasteiger partial charge in [0.05, 0.1) is 37.1 Å². The molecule has 0 aromatic heterocycles. The minimum absolute atomic E-state index is 0.00934. The summed E-state index contributed by atoms with van der Waals surface area (Å²) in [6, 6.07) is 9.57. The Balaban J connectivity index is 2.89. The van der Waals surface area contributed by atoms with Crippen LogP contribution >= 0.6 is 0 Å². The second-order valence-corrected chi connectivity index (χ2v) is 8.19. The summed E-state index contributed by atoms with van der Waals surface area (Å²) in [6.07, 6.45) is 0.868. The average molecular weight is 387 g/mol. The molecule has 1 aromatic carbocycles. The molecule has 5 atom stereocenters. The first-order valence-electron chi connectivity index (χ1n) is 9.21. The van der Waals surface area contributed by atoms with Gasteiger partial charge < -0.3 is 14.6 Å². The van der Waals surface area contributed by atoms with E-state index in [2.05, 4.69) is 0 Å². The van der Waals surface area contributed by atoms with E-state index in [0.717, 1.165) is 5.56 Å². The fourth-order valence-electron chi connectivity index (χ4n) is 2.84. The zero-order valence-corrected chi connectivity index (χ0v) is 17.6. The van der Waals surface area contributed by atoms with Crippen LogP contribution in [0.3, 0.4) is 0 Å². The standard InChI is InChI=1S/C20H34O5S/c1-14(2)24-19(12-18(21)17-10-8-7-9-11-17)16(5)20(25-15(3)4)13-23-26(6)22/h7-11,14-16,18-21H,12-13H2,1-6H3/t16-,18-,19-,20-,26?/m0/s1. The molecule has 26 heavy (non-hydrogen) atoms. The van der Waals surface area contributed by atoms with Crippen molar-refractivity contribution in [3.63, 3.8) is 0 Å². The lowest BCUT2D eigenvalue weighted by atomic mass is 9.91. The van der Waals surface area contributed by atoms with Gasteiger partial charge in [0.2, 0.25) is 0 Å². The van der Waals surface area contributed by atoms with Crippen LogP contribution in [-0.2, 0) is 24.7 Å². The minimum atomic E-state index is -1.35. The molecule has 0 aliphatic heterocycles. The molecule has 0 radical (unpaired) electrons. The Bertz CT molecular complexity index is 520. The van der Waals surface area contributed by atoms with Crippen LogP contribution in [-0.4, -0.2) is 46.6 Å². The maximum absolute atomic E-state index is 11.3. The molecule has 150 valence electrons. The second-order valence-electron chi connectivity index (χ2n) is 7.15. The number of ether oxygens (including phenoxy) is 2. The first-order valence-corrected chi connectivity index (χ1v) is 10.7. The van der Waals surface area contributed by atoms with Gasteiger partial charge in [-0.05, 0) is 33.3 Å². The molecule has 1 rings (SSSR count). The Hall–Kier alpha value is -0.790. The molecule has 1 aromatic rings. The first kappa shape index (κ1) is 23.2. The number of hydrogen-bond donors (Lipinski definition) is 1. The van der Waals surface area contributed by atoms with Crippen molar-refractivity contribution < 1.29 is 23.0 Å². The van der Waals surface area contributed by atoms with E-state index < -0.39 is 17.2 Å². The fourth-order valence-corrected chi connectivity index (χ4v) is 3.17. The van der Waals surface area contributed by atoms with Crippen molar-refractivity contribution in [1.82, 2.24) is 0 Å². The van der Waals surface area contributed by atoms with Crippen molar-refractivity contribution in [1.29, 1.82) is 0 Å². The minimum Gasteiger partial charge on any atom is -0.388 e. The van der Waals surface area contributed by atoms with Crippen molar-refractivity contribution in [2.75, 3.05) is 12.9 Å². The maximum Gasteiger partial charge on any atom is 0.152 e. The van der Waals surface area contributed by atoms with Gasteiger partial charge in [-0.2, -0.15) is 0 Å². The van der Waals surface area contributed by atoms with Crippen LogP contribution in [0.15, 0.2) is 30.3 Å². The highest BCUT2D eigenvalue weighted by atomic mass is 32.2. The van der Waals surface area contributed by atoms with Gasteiger partial charge in [-0.1, -0.05) is 37.3 Å². The van der Waals surface area contributed by atoms with E-state index in [0.29, 0.717) is 6.42 Å². The molecular formula is C20H34O5S. The van der Waals surface area contributed by atoms with Gasteiger partial charge in [0.1, 0.15) is 0 Å². The predicted molar refractivity (Wildman–Crippen MR) is 105 cm³/mol. The molecule has 1 unspecified atom stereocenters. The molecule has 1 N–H and O–H groups in total. The summed E-state index contributed by atoms with van der Waals surface area (Å²) in [5, 5.41) is 10.6. The van der Waals surface area contributed by atoms with Gasteiger partial charge in [-0.15, -0.1) is 0 Å². The fraction of sp³-hybridized carbons (Fsp3) is 0.700. The molecule has 0 aliphatic rings. The third-order valence-corrected chi connectivity index (χ3v) is 4.57. The molecule has 0 fully saturated rings. The van der Waals surface area contributed by atoms with Crippen molar-refractivity contribution >= 4 is 11.1 Å².